The van der Waals surface area contributed by atoms with Crippen molar-refractivity contribution in [3.05, 3.63) is 29.8 Å². The number of hydrogen-bond acceptors (Lipinski definition) is 4. The molecule has 1 aromatic rings. The molecule has 18 heavy (non-hydrogen) atoms. The van der Waals surface area contributed by atoms with E-state index in [9.17, 15) is 31.5 Å². The van der Waals surface area contributed by atoms with Crippen LogP contribution >= 0.6 is 0 Å². The molecule has 0 bridgehead atoms. The molecular formula is C9H7F3NO4S-. The summed E-state index contributed by atoms with van der Waals surface area (Å²) < 4.78 is 61.5. The second-order valence-corrected chi connectivity index (χ2v) is 4.99. The molecule has 1 rings (SSSR count). The van der Waals surface area contributed by atoms with Crippen LogP contribution in [0.5, 0.6) is 0 Å². The van der Waals surface area contributed by atoms with E-state index in [4.69, 9.17) is 0 Å². The molecule has 0 unspecified atom stereocenters. The van der Waals surface area contributed by atoms with Crippen LogP contribution in [-0.4, -0.2) is 20.9 Å². The molecule has 0 saturated carbocycles. The van der Waals surface area contributed by atoms with Gasteiger partial charge in [0.05, 0.1) is 23.0 Å². The highest BCUT2D eigenvalue weighted by Gasteiger charge is 2.31. The van der Waals surface area contributed by atoms with Crippen LogP contribution in [0, 0.1) is 0 Å². The Morgan fingerprint density at radius 3 is 2.44 bits per heavy atom. The summed E-state index contributed by atoms with van der Waals surface area (Å²) in [6.07, 6.45) is -4.68. The molecule has 0 amide bonds. The summed E-state index contributed by atoms with van der Waals surface area (Å²) >= 11 is 0. The van der Waals surface area contributed by atoms with Gasteiger partial charge in [-0.3, -0.25) is 0 Å². The van der Waals surface area contributed by atoms with E-state index in [1.807, 2.05) is 0 Å². The van der Waals surface area contributed by atoms with Gasteiger partial charge in [0.25, 0.3) is 0 Å². The Morgan fingerprint density at radius 2 is 1.94 bits per heavy atom. The maximum atomic E-state index is 12.4. The van der Waals surface area contributed by atoms with Crippen molar-refractivity contribution < 1.29 is 31.5 Å². The van der Waals surface area contributed by atoms with Crippen molar-refractivity contribution in [2.45, 2.75) is 11.1 Å². The van der Waals surface area contributed by atoms with Gasteiger partial charge in [-0.05, 0) is 18.2 Å². The van der Waals surface area contributed by atoms with Gasteiger partial charge in [-0.2, -0.15) is 13.2 Å². The first-order valence-electron chi connectivity index (χ1n) is 4.50. The third-order valence-electron chi connectivity index (χ3n) is 1.88. The van der Waals surface area contributed by atoms with Crippen molar-refractivity contribution in [1.29, 1.82) is 0 Å². The van der Waals surface area contributed by atoms with Crippen molar-refractivity contribution in [2.24, 2.45) is 0 Å². The average Bonchev–Trinajstić information content (AvgIpc) is 2.26. The van der Waals surface area contributed by atoms with E-state index in [2.05, 4.69) is 0 Å². The first-order valence-corrected chi connectivity index (χ1v) is 5.98. The topological polar surface area (TPSA) is 86.3 Å². The second kappa shape index (κ2) is 4.94. The highest BCUT2D eigenvalue weighted by molar-refractivity contribution is 7.89. The van der Waals surface area contributed by atoms with Crippen molar-refractivity contribution in [1.82, 2.24) is 4.72 Å². The summed E-state index contributed by atoms with van der Waals surface area (Å²) in [5.41, 5.74) is -1.14. The van der Waals surface area contributed by atoms with E-state index in [1.54, 1.807) is 4.72 Å². The largest absolute Gasteiger partial charge is 0.549 e. The number of alkyl halides is 3. The Kier molecular flexibility index (Phi) is 3.97. The van der Waals surface area contributed by atoms with E-state index < -0.39 is 39.2 Å². The molecule has 100 valence electrons. The first-order chi connectivity index (χ1) is 8.13. The smallest absolute Gasteiger partial charge is 0.416 e. The minimum Gasteiger partial charge on any atom is -0.549 e. The fourth-order valence-electron chi connectivity index (χ4n) is 1.08. The van der Waals surface area contributed by atoms with E-state index in [0.717, 1.165) is 12.1 Å². The molecular weight excluding hydrogens is 275 g/mol. The number of carbonyl (C=O) groups excluding carboxylic acids is 1. The molecule has 0 spiro atoms. The van der Waals surface area contributed by atoms with Gasteiger partial charge in [0, 0.05) is 0 Å². The molecule has 0 aromatic heterocycles. The highest BCUT2D eigenvalue weighted by Crippen LogP contribution is 2.30. The fraction of sp³-hybridized carbons (Fsp3) is 0.222. The van der Waals surface area contributed by atoms with E-state index in [1.165, 1.54) is 0 Å². The summed E-state index contributed by atoms with van der Waals surface area (Å²) in [6.45, 7) is -1.02. The van der Waals surface area contributed by atoms with Gasteiger partial charge in [-0.15, -0.1) is 0 Å². The average molecular weight is 282 g/mol. The van der Waals surface area contributed by atoms with Crippen molar-refractivity contribution in [3.8, 4) is 0 Å². The highest BCUT2D eigenvalue weighted by atomic mass is 32.2. The Bertz CT molecular complexity index is 553. The Morgan fingerprint density at radius 1 is 1.33 bits per heavy atom. The number of carbonyl (C=O) groups is 1. The standard InChI is InChI=1S/C9H8F3NO4S/c10-9(11,12)6-2-1-3-7(4-6)18(16,17)13-5-8(14)15/h1-4,13H,5H2,(H,14,15)/p-1. The zero-order chi connectivity index (χ0) is 14.0. The second-order valence-electron chi connectivity index (χ2n) is 3.22. The molecule has 1 N–H and O–H groups in total. The van der Waals surface area contributed by atoms with Gasteiger partial charge in [0.1, 0.15) is 0 Å². The van der Waals surface area contributed by atoms with Crippen LogP contribution in [0.15, 0.2) is 29.2 Å². The third kappa shape index (κ3) is 3.70. The van der Waals surface area contributed by atoms with Gasteiger partial charge in [-0.25, -0.2) is 13.1 Å². The van der Waals surface area contributed by atoms with Crippen molar-refractivity contribution in [2.75, 3.05) is 6.54 Å². The lowest BCUT2D eigenvalue weighted by atomic mass is 10.2. The van der Waals surface area contributed by atoms with Crippen LogP contribution in [0.4, 0.5) is 13.2 Å². The summed E-state index contributed by atoms with van der Waals surface area (Å²) in [7, 11) is -4.31. The lowest BCUT2D eigenvalue weighted by Crippen LogP contribution is -2.37. The number of rotatable bonds is 4. The number of benzene rings is 1. The molecule has 9 heteroatoms. The van der Waals surface area contributed by atoms with E-state index in [-0.39, 0.29) is 0 Å². The maximum Gasteiger partial charge on any atom is 0.416 e. The van der Waals surface area contributed by atoms with Crippen molar-refractivity contribution in [3.63, 3.8) is 0 Å². The number of nitrogens with one attached hydrogen (secondary N) is 1. The van der Waals surface area contributed by atoms with Gasteiger partial charge >= 0.3 is 6.18 Å². The zero-order valence-corrected chi connectivity index (χ0v) is 9.51. The summed E-state index contributed by atoms with van der Waals surface area (Å²) in [5, 5.41) is 10.1. The molecule has 0 fully saturated rings. The SMILES string of the molecule is O=C([O-])CNS(=O)(=O)c1cccc(C(F)(F)F)c1. The van der Waals surface area contributed by atoms with Crippen LogP contribution in [0.2, 0.25) is 0 Å². The molecule has 1 aromatic carbocycles. The quantitative estimate of drug-likeness (QED) is 0.824. The normalized spacial score (nSPS) is 12.4. The Hall–Kier alpha value is -1.61. The minimum atomic E-state index is -4.68. The number of carboxylic acid groups (broad SMARTS) is 1. The predicted molar refractivity (Wildman–Crippen MR) is 51.6 cm³/mol. The molecule has 0 radical (unpaired) electrons. The first kappa shape index (κ1) is 14.5. The van der Waals surface area contributed by atoms with Crippen LogP contribution in [0.3, 0.4) is 0 Å². The van der Waals surface area contributed by atoms with Crippen LogP contribution in [0.1, 0.15) is 5.56 Å². The molecule has 0 aliphatic heterocycles. The molecule has 0 saturated heterocycles. The number of carboxylic acids is 1. The number of sulfonamides is 1. The van der Waals surface area contributed by atoms with Crippen LogP contribution in [0.25, 0.3) is 0 Å². The molecule has 0 heterocycles. The van der Waals surface area contributed by atoms with Crippen LogP contribution < -0.4 is 9.83 Å². The summed E-state index contributed by atoms with van der Waals surface area (Å²) in [6, 6.07) is 2.96. The van der Waals surface area contributed by atoms with E-state index >= 15 is 0 Å². The molecule has 0 atom stereocenters. The number of aliphatic carboxylic acids is 1. The predicted octanol–water partition coefficient (Wildman–Crippen LogP) is -0.266. The Labute approximate surface area is 100 Å². The fourth-order valence-corrected chi connectivity index (χ4v) is 2.09. The lowest BCUT2D eigenvalue weighted by molar-refractivity contribution is -0.303. The zero-order valence-electron chi connectivity index (χ0n) is 8.69. The summed E-state index contributed by atoms with van der Waals surface area (Å²) in [5.74, 6) is -1.69. The van der Waals surface area contributed by atoms with Gasteiger partial charge < -0.3 is 9.90 Å². The Balaban J connectivity index is 3.07. The number of hydrogen-bond donors (Lipinski definition) is 1. The van der Waals surface area contributed by atoms with E-state index in [0.29, 0.717) is 12.1 Å². The van der Waals surface area contributed by atoms with Crippen LogP contribution in [-0.2, 0) is 21.0 Å². The summed E-state index contributed by atoms with van der Waals surface area (Å²) in [4.78, 5) is 9.42. The minimum absolute atomic E-state index is 0.414. The van der Waals surface area contributed by atoms with Gasteiger partial charge in [0.15, 0.2) is 0 Å². The third-order valence-corrected chi connectivity index (χ3v) is 3.28. The molecule has 5 nitrogen and oxygen atoms in total. The lowest BCUT2D eigenvalue weighted by Gasteiger charge is -2.10. The maximum absolute atomic E-state index is 12.4. The molecule has 0 aliphatic rings. The number of halogens is 3. The van der Waals surface area contributed by atoms with Gasteiger partial charge in [-0.1, -0.05) is 6.07 Å². The van der Waals surface area contributed by atoms with Crippen molar-refractivity contribution >= 4 is 16.0 Å². The van der Waals surface area contributed by atoms with Gasteiger partial charge in [0.2, 0.25) is 10.0 Å². The monoisotopic (exact) mass is 282 g/mol. The molecule has 0 aliphatic carbocycles.